The molecule has 5 nitrogen and oxygen atoms in total. The van der Waals surface area contributed by atoms with Crippen LogP contribution in [0.5, 0.6) is 5.75 Å². The molecule has 1 aliphatic rings. The highest BCUT2D eigenvalue weighted by molar-refractivity contribution is 7.12. The van der Waals surface area contributed by atoms with Crippen LogP contribution >= 0.6 is 11.3 Å². The van der Waals surface area contributed by atoms with Crippen molar-refractivity contribution < 1.29 is 9.53 Å². The molecule has 4 rings (SSSR count). The van der Waals surface area contributed by atoms with E-state index in [1.54, 1.807) is 7.11 Å². The number of ether oxygens (including phenoxy) is 1. The number of aromatic nitrogens is 1. The lowest BCUT2D eigenvalue weighted by Crippen LogP contribution is -2.44. The Hall–Kier alpha value is -2.70. The number of nitrogens with one attached hydrogen (secondary N) is 1. The van der Waals surface area contributed by atoms with E-state index in [-0.39, 0.29) is 11.9 Å². The van der Waals surface area contributed by atoms with Crippen molar-refractivity contribution in [3.63, 3.8) is 0 Å². The van der Waals surface area contributed by atoms with Gasteiger partial charge < -0.3 is 15.0 Å². The number of carbonyl (C=O) groups is 1. The summed E-state index contributed by atoms with van der Waals surface area (Å²) in [5.74, 6) is 0.926. The molecule has 1 aromatic carbocycles. The zero-order chi connectivity index (χ0) is 23.4. The maximum atomic E-state index is 13.6. The summed E-state index contributed by atoms with van der Waals surface area (Å²) in [6, 6.07) is 15.1. The average Bonchev–Trinajstić information content (AvgIpc) is 3.36. The van der Waals surface area contributed by atoms with E-state index in [9.17, 15) is 4.79 Å². The van der Waals surface area contributed by atoms with Crippen LogP contribution in [0.25, 0.3) is 11.1 Å². The zero-order valence-electron chi connectivity index (χ0n) is 19.9. The smallest absolute Gasteiger partial charge is 0.264 e. The van der Waals surface area contributed by atoms with Crippen molar-refractivity contribution in [1.82, 2.24) is 15.2 Å². The van der Waals surface area contributed by atoms with Crippen molar-refractivity contribution in [2.24, 2.45) is 0 Å². The number of aryl methyl sites for hydroxylation is 2. The lowest BCUT2D eigenvalue weighted by atomic mass is 9.89. The van der Waals surface area contributed by atoms with Crippen LogP contribution in [-0.2, 0) is 6.54 Å². The van der Waals surface area contributed by atoms with E-state index in [0.717, 1.165) is 64.4 Å². The third-order valence-corrected chi connectivity index (χ3v) is 7.43. The summed E-state index contributed by atoms with van der Waals surface area (Å²) < 4.78 is 5.72. The lowest BCUT2D eigenvalue weighted by Gasteiger charge is -2.37. The number of hydrogen-bond acceptors (Lipinski definition) is 5. The molecule has 0 saturated heterocycles. The maximum absolute atomic E-state index is 13.6. The van der Waals surface area contributed by atoms with Crippen molar-refractivity contribution in [3.8, 4) is 16.9 Å². The molecule has 174 valence electrons. The van der Waals surface area contributed by atoms with Crippen LogP contribution in [0, 0.1) is 13.8 Å². The second-order valence-corrected chi connectivity index (χ2v) is 9.82. The predicted octanol–water partition coefficient (Wildman–Crippen LogP) is 5.61. The van der Waals surface area contributed by atoms with Gasteiger partial charge in [0.25, 0.3) is 5.91 Å². The van der Waals surface area contributed by atoms with Gasteiger partial charge >= 0.3 is 0 Å². The second-order valence-electron chi connectivity index (χ2n) is 8.87. The summed E-state index contributed by atoms with van der Waals surface area (Å²) in [5, 5.41) is 5.37. The van der Waals surface area contributed by atoms with Gasteiger partial charge in [0.2, 0.25) is 0 Å². The molecule has 1 saturated carbocycles. The molecule has 0 radical (unpaired) electrons. The first kappa shape index (κ1) is 23.5. The summed E-state index contributed by atoms with van der Waals surface area (Å²) in [5.41, 5.74) is 5.27. The second kappa shape index (κ2) is 10.5. The largest absolute Gasteiger partial charge is 0.496 e. The number of benzene rings is 1. The summed E-state index contributed by atoms with van der Waals surface area (Å²) in [6.07, 6.45) is 4.19. The van der Waals surface area contributed by atoms with Crippen LogP contribution in [-0.4, -0.2) is 42.0 Å². The molecule has 0 aliphatic heterocycles. The van der Waals surface area contributed by atoms with Crippen LogP contribution in [0.1, 0.15) is 52.3 Å². The van der Waals surface area contributed by atoms with E-state index < -0.39 is 0 Å². The Morgan fingerprint density at radius 1 is 1.09 bits per heavy atom. The van der Waals surface area contributed by atoms with Crippen molar-refractivity contribution in [1.29, 1.82) is 0 Å². The summed E-state index contributed by atoms with van der Waals surface area (Å²) in [7, 11) is 3.72. The standard InChI is InChI=1S/C27H33N3O2S/c1-18-14-21(15-19(2)29-18)20-7-12-25(32-4)22(16-20)17-30(27(31)26-6-5-13-33-26)24-10-8-23(28-3)9-11-24/h5-7,12-16,23-24,28H,8-11,17H2,1-4H3. The van der Waals surface area contributed by atoms with Crippen molar-refractivity contribution in [3.05, 3.63) is 69.7 Å². The molecule has 2 aromatic heterocycles. The fourth-order valence-electron chi connectivity index (χ4n) is 4.85. The van der Waals surface area contributed by atoms with Gasteiger partial charge in [0.05, 0.1) is 12.0 Å². The number of hydrogen-bond donors (Lipinski definition) is 1. The molecule has 0 atom stereocenters. The Kier molecular flexibility index (Phi) is 7.46. The van der Waals surface area contributed by atoms with Crippen LogP contribution < -0.4 is 10.1 Å². The first-order valence-electron chi connectivity index (χ1n) is 11.6. The number of amides is 1. The van der Waals surface area contributed by atoms with Crippen LogP contribution in [0.2, 0.25) is 0 Å². The van der Waals surface area contributed by atoms with E-state index in [0.29, 0.717) is 12.6 Å². The van der Waals surface area contributed by atoms with Crippen molar-refractivity contribution in [2.75, 3.05) is 14.2 Å². The quantitative estimate of drug-likeness (QED) is 0.495. The van der Waals surface area contributed by atoms with Gasteiger partial charge in [0.1, 0.15) is 5.75 Å². The molecule has 0 spiro atoms. The van der Waals surface area contributed by atoms with E-state index in [1.807, 2.05) is 44.5 Å². The van der Waals surface area contributed by atoms with Crippen LogP contribution in [0.3, 0.4) is 0 Å². The van der Waals surface area contributed by atoms with E-state index in [2.05, 4.69) is 39.5 Å². The number of nitrogens with zero attached hydrogens (tertiary/aromatic N) is 2. The molecular formula is C27H33N3O2S. The summed E-state index contributed by atoms with van der Waals surface area (Å²) in [4.78, 5) is 20.9. The van der Waals surface area contributed by atoms with Gasteiger partial charge in [0, 0.05) is 35.6 Å². The third kappa shape index (κ3) is 5.45. The molecule has 3 aromatic rings. The number of thiophene rings is 1. The van der Waals surface area contributed by atoms with E-state index in [1.165, 1.54) is 11.3 Å². The van der Waals surface area contributed by atoms with Gasteiger partial charge in [-0.25, -0.2) is 0 Å². The molecule has 2 heterocycles. The third-order valence-electron chi connectivity index (χ3n) is 6.57. The fourth-order valence-corrected chi connectivity index (χ4v) is 5.53. The Bertz CT molecular complexity index is 1070. The maximum Gasteiger partial charge on any atom is 0.264 e. The zero-order valence-corrected chi connectivity index (χ0v) is 20.7. The number of methoxy groups -OCH3 is 1. The minimum Gasteiger partial charge on any atom is -0.496 e. The number of carbonyl (C=O) groups excluding carboxylic acids is 1. The minimum absolute atomic E-state index is 0.112. The number of pyridine rings is 1. The molecular weight excluding hydrogens is 430 g/mol. The number of rotatable bonds is 7. The molecule has 6 heteroatoms. The minimum atomic E-state index is 0.112. The molecule has 1 amide bonds. The topological polar surface area (TPSA) is 54.5 Å². The van der Waals surface area contributed by atoms with Gasteiger partial charge in [-0.05, 0) is 93.4 Å². The SMILES string of the molecule is CNC1CCC(N(Cc2cc(-c3cc(C)nc(C)c3)ccc2OC)C(=O)c2cccs2)CC1. The predicted molar refractivity (Wildman–Crippen MR) is 135 cm³/mol. The normalized spacial score (nSPS) is 18.2. The Labute approximate surface area is 200 Å². The molecule has 1 fully saturated rings. The lowest BCUT2D eigenvalue weighted by molar-refractivity contribution is 0.0604. The molecule has 1 aliphatic carbocycles. The Morgan fingerprint density at radius 3 is 2.42 bits per heavy atom. The monoisotopic (exact) mass is 463 g/mol. The van der Waals surface area contributed by atoms with Crippen molar-refractivity contribution in [2.45, 2.75) is 58.2 Å². The molecule has 0 unspecified atom stereocenters. The van der Waals surface area contributed by atoms with E-state index in [4.69, 9.17) is 4.74 Å². The van der Waals surface area contributed by atoms with Gasteiger partial charge in [-0.1, -0.05) is 12.1 Å². The van der Waals surface area contributed by atoms with Crippen LogP contribution in [0.15, 0.2) is 47.8 Å². The van der Waals surface area contributed by atoms with Crippen molar-refractivity contribution >= 4 is 17.2 Å². The highest BCUT2D eigenvalue weighted by Gasteiger charge is 2.30. The first-order chi connectivity index (χ1) is 16.0. The summed E-state index contributed by atoms with van der Waals surface area (Å²) in [6.45, 7) is 4.57. The Morgan fingerprint density at radius 2 is 1.82 bits per heavy atom. The summed E-state index contributed by atoms with van der Waals surface area (Å²) >= 11 is 1.51. The molecule has 0 bridgehead atoms. The van der Waals surface area contributed by atoms with Gasteiger partial charge in [-0.15, -0.1) is 11.3 Å². The van der Waals surface area contributed by atoms with Crippen LogP contribution in [0.4, 0.5) is 0 Å². The van der Waals surface area contributed by atoms with Gasteiger partial charge in [-0.3, -0.25) is 9.78 Å². The van der Waals surface area contributed by atoms with E-state index >= 15 is 0 Å². The highest BCUT2D eigenvalue weighted by Crippen LogP contribution is 2.32. The first-order valence-corrected chi connectivity index (χ1v) is 12.5. The fraction of sp³-hybridized carbons (Fsp3) is 0.407. The molecule has 33 heavy (non-hydrogen) atoms. The highest BCUT2D eigenvalue weighted by atomic mass is 32.1. The Balaban J connectivity index is 1.68. The van der Waals surface area contributed by atoms with Gasteiger partial charge in [-0.2, -0.15) is 0 Å². The molecule has 1 N–H and O–H groups in total. The van der Waals surface area contributed by atoms with Gasteiger partial charge in [0.15, 0.2) is 0 Å². The average molecular weight is 464 g/mol.